The van der Waals surface area contributed by atoms with Crippen LogP contribution in [0.4, 0.5) is 5.69 Å². The Balaban J connectivity index is 2.07. The van der Waals surface area contributed by atoms with Crippen molar-refractivity contribution in [2.75, 3.05) is 11.9 Å². The van der Waals surface area contributed by atoms with Crippen molar-refractivity contribution >= 4 is 21.5 Å². The largest absolute Gasteiger partial charge is 0.328 e. The van der Waals surface area contributed by atoms with E-state index in [4.69, 9.17) is 5.26 Å². The average Bonchev–Trinajstić information content (AvgIpc) is 2.79. The van der Waals surface area contributed by atoms with E-state index in [1.807, 2.05) is 6.07 Å². The lowest BCUT2D eigenvalue weighted by molar-refractivity contribution is 0.599. The fourth-order valence-electron chi connectivity index (χ4n) is 2.21. The molecule has 0 spiro atoms. The number of hydrogen-bond acceptors (Lipinski definition) is 4. The van der Waals surface area contributed by atoms with E-state index in [9.17, 15) is 8.42 Å². The fraction of sp³-hybridized carbons (Fsp3) is 0.0667. The zero-order chi connectivity index (χ0) is 15.0. The number of amidine groups is 1. The molecule has 0 unspecified atom stereocenters. The summed E-state index contributed by atoms with van der Waals surface area (Å²) in [6.07, 6.45) is 0. The number of sulfonamides is 1. The van der Waals surface area contributed by atoms with Crippen LogP contribution in [0.2, 0.25) is 0 Å². The minimum absolute atomic E-state index is 0.223. The van der Waals surface area contributed by atoms with Gasteiger partial charge in [0.2, 0.25) is 0 Å². The van der Waals surface area contributed by atoms with E-state index in [1.54, 1.807) is 60.5 Å². The Kier molecular flexibility index (Phi) is 3.00. The van der Waals surface area contributed by atoms with Crippen molar-refractivity contribution in [3.05, 3.63) is 59.7 Å². The molecule has 2 aromatic rings. The third-order valence-electron chi connectivity index (χ3n) is 3.31. The molecule has 0 amide bonds. The van der Waals surface area contributed by atoms with Crippen LogP contribution in [0.15, 0.2) is 57.8 Å². The second-order valence-electron chi connectivity index (χ2n) is 4.60. The number of fused-ring (bicyclic) bond motifs is 1. The lowest BCUT2D eigenvalue weighted by Crippen LogP contribution is -2.25. The third kappa shape index (κ3) is 2.18. The van der Waals surface area contributed by atoms with Gasteiger partial charge in [-0.25, -0.2) is 0 Å². The van der Waals surface area contributed by atoms with Crippen LogP contribution in [0.3, 0.4) is 0 Å². The van der Waals surface area contributed by atoms with Gasteiger partial charge in [-0.3, -0.25) is 0 Å². The lowest BCUT2D eigenvalue weighted by atomic mass is 10.1. The van der Waals surface area contributed by atoms with Crippen molar-refractivity contribution in [1.29, 1.82) is 5.26 Å². The van der Waals surface area contributed by atoms with Gasteiger partial charge in [-0.2, -0.15) is 13.7 Å². The predicted molar refractivity (Wildman–Crippen MR) is 79.7 cm³/mol. The van der Waals surface area contributed by atoms with Crippen LogP contribution in [-0.2, 0) is 10.0 Å². The van der Waals surface area contributed by atoms with Crippen molar-refractivity contribution in [2.45, 2.75) is 4.90 Å². The molecule has 104 valence electrons. The van der Waals surface area contributed by atoms with Crippen molar-refractivity contribution in [3.8, 4) is 6.07 Å². The summed E-state index contributed by atoms with van der Waals surface area (Å²) in [4.78, 5) is 1.92. The SMILES string of the molecule is CN(C1=NS(=O)(=O)c2ccccc21)c1ccc(C#N)cc1. The molecule has 6 heteroatoms. The van der Waals surface area contributed by atoms with Crippen LogP contribution in [0.25, 0.3) is 0 Å². The summed E-state index contributed by atoms with van der Waals surface area (Å²) in [6, 6.07) is 15.7. The smallest absolute Gasteiger partial charge is 0.285 e. The van der Waals surface area contributed by atoms with Crippen LogP contribution in [0.1, 0.15) is 11.1 Å². The van der Waals surface area contributed by atoms with Gasteiger partial charge in [0.1, 0.15) is 4.90 Å². The maximum atomic E-state index is 12.0. The molecule has 0 N–H and O–H groups in total. The summed E-state index contributed by atoms with van der Waals surface area (Å²) < 4.78 is 27.9. The van der Waals surface area contributed by atoms with E-state index in [0.717, 1.165) is 5.69 Å². The highest BCUT2D eigenvalue weighted by Crippen LogP contribution is 2.29. The Morgan fingerprint density at radius 3 is 2.43 bits per heavy atom. The number of nitriles is 1. The molecular formula is C15H11N3O2S. The minimum atomic E-state index is -3.63. The van der Waals surface area contributed by atoms with Crippen LogP contribution in [0, 0.1) is 11.3 Å². The molecule has 0 atom stereocenters. The van der Waals surface area contributed by atoms with Crippen LogP contribution in [0.5, 0.6) is 0 Å². The van der Waals surface area contributed by atoms with E-state index in [1.165, 1.54) is 0 Å². The van der Waals surface area contributed by atoms with Gasteiger partial charge in [0.15, 0.2) is 5.84 Å². The first-order valence-corrected chi connectivity index (χ1v) is 7.65. The zero-order valence-corrected chi connectivity index (χ0v) is 12.0. The van der Waals surface area contributed by atoms with Gasteiger partial charge >= 0.3 is 0 Å². The Bertz CT molecular complexity index is 878. The molecule has 2 aromatic carbocycles. The third-order valence-corrected chi connectivity index (χ3v) is 4.64. The minimum Gasteiger partial charge on any atom is -0.328 e. The molecule has 0 saturated carbocycles. The first-order chi connectivity index (χ1) is 10.0. The number of hydrogen-bond donors (Lipinski definition) is 0. The Morgan fingerprint density at radius 2 is 1.76 bits per heavy atom. The van der Waals surface area contributed by atoms with Crippen LogP contribution < -0.4 is 4.90 Å². The quantitative estimate of drug-likeness (QED) is 0.808. The van der Waals surface area contributed by atoms with Crippen molar-refractivity contribution in [3.63, 3.8) is 0 Å². The van der Waals surface area contributed by atoms with Crippen LogP contribution in [-0.4, -0.2) is 21.3 Å². The van der Waals surface area contributed by atoms with E-state index in [0.29, 0.717) is 17.0 Å². The Morgan fingerprint density at radius 1 is 1.10 bits per heavy atom. The highest BCUT2D eigenvalue weighted by atomic mass is 32.2. The summed E-state index contributed by atoms with van der Waals surface area (Å²) in [7, 11) is -1.88. The van der Waals surface area contributed by atoms with Crippen LogP contribution >= 0.6 is 0 Å². The summed E-state index contributed by atoms with van der Waals surface area (Å²) >= 11 is 0. The molecule has 1 aliphatic heterocycles. The van der Waals surface area contributed by atoms with Crippen molar-refractivity contribution in [2.24, 2.45) is 4.40 Å². The number of rotatable bonds is 1. The molecule has 0 aromatic heterocycles. The Labute approximate surface area is 122 Å². The average molecular weight is 297 g/mol. The van der Waals surface area contributed by atoms with Gasteiger partial charge in [-0.15, -0.1) is 4.40 Å². The topological polar surface area (TPSA) is 73.5 Å². The molecule has 3 rings (SSSR count). The summed E-state index contributed by atoms with van der Waals surface area (Å²) in [5.74, 6) is 0.385. The molecule has 0 saturated heterocycles. The summed E-state index contributed by atoms with van der Waals surface area (Å²) in [6.45, 7) is 0. The standard InChI is InChI=1S/C15H11N3O2S/c1-18(12-8-6-11(10-16)7-9-12)15-13-4-2-3-5-14(13)21(19,20)17-15/h2-9H,1H3. The monoisotopic (exact) mass is 297 g/mol. The molecule has 0 fully saturated rings. The van der Waals surface area contributed by atoms with E-state index in [-0.39, 0.29) is 4.90 Å². The van der Waals surface area contributed by atoms with Gasteiger partial charge in [-0.1, -0.05) is 12.1 Å². The molecule has 0 aliphatic carbocycles. The highest BCUT2D eigenvalue weighted by molar-refractivity contribution is 7.90. The maximum absolute atomic E-state index is 12.0. The molecule has 0 bridgehead atoms. The number of nitrogens with zero attached hydrogens (tertiary/aromatic N) is 3. The fourth-order valence-corrected chi connectivity index (χ4v) is 3.45. The predicted octanol–water partition coefficient (Wildman–Crippen LogP) is 2.14. The Hall–Kier alpha value is -2.65. The normalized spacial score (nSPS) is 15.0. The lowest BCUT2D eigenvalue weighted by Gasteiger charge is -2.19. The first-order valence-electron chi connectivity index (χ1n) is 6.21. The molecule has 1 heterocycles. The summed E-state index contributed by atoms with van der Waals surface area (Å²) in [5.41, 5.74) is 1.90. The van der Waals surface area contributed by atoms with Crippen molar-refractivity contribution < 1.29 is 8.42 Å². The van der Waals surface area contributed by atoms with Gasteiger partial charge in [0.25, 0.3) is 10.0 Å². The maximum Gasteiger partial charge on any atom is 0.285 e. The molecule has 21 heavy (non-hydrogen) atoms. The van der Waals surface area contributed by atoms with Crippen molar-refractivity contribution in [1.82, 2.24) is 0 Å². The second kappa shape index (κ2) is 4.72. The number of benzene rings is 2. The van der Waals surface area contributed by atoms with E-state index >= 15 is 0 Å². The molecular weight excluding hydrogens is 286 g/mol. The second-order valence-corrected chi connectivity index (χ2v) is 6.18. The van der Waals surface area contributed by atoms with Gasteiger partial charge in [-0.05, 0) is 36.4 Å². The van der Waals surface area contributed by atoms with E-state index in [2.05, 4.69) is 4.40 Å². The molecule has 5 nitrogen and oxygen atoms in total. The molecule has 0 radical (unpaired) electrons. The first kappa shape index (κ1) is 13.3. The zero-order valence-electron chi connectivity index (χ0n) is 11.2. The highest BCUT2D eigenvalue weighted by Gasteiger charge is 2.30. The summed E-state index contributed by atoms with van der Waals surface area (Å²) in [5, 5.41) is 8.81. The van der Waals surface area contributed by atoms with E-state index < -0.39 is 10.0 Å². The number of anilines is 1. The van der Waals surface area contributed by atoms with Gasteiger partial charge in [0, 0.05) is 18.3 Å². The van der Waals surface area contributed by atoms with Gasteiger partial charge in [0.05, 0.1) is 11.6 Å². The van der Waals surface area contributed by atoms with Gasteiger partial charge < -0.3 is 4.90 Å². The molecule has 1 aliphatic rings.